The molecule has 3 rings (SSSR count). The summed E-state index contributed by atoms with van der Waals surface area (Å²) in [7, 11) is 0. The molecule has 2 saturated heterocycles. The molecule has 0 radical (unpaired) electrons. The van der Waals surface area contributed by atoms with Crippen LogP contribution in [0.4, 0.5) is 0 Å². The molecule has 0 spiro atoms. The minimum Gasteiger partial charge on any atom is -0.396 e. The molecule has 3 aliphatic rings. The Labute approximate surface area is 219 Å². The highest BCUT2D eigenvalue weighted by Gasteiger charge is 2.42. The van der Waals surface area contributed by atoms with Gasteiger partial charge in [-0.3, -0.25) is 4.79 Å². The lowest BCUT2D eigenvalue weighted by Crippen LogP contribution is -2.31. The van der Waals surface area contributed by atoms with Crippen LogP contribution in [0.5, 0.6) is 0 Å². The van der Waals surface area contributed by atoms with Crippen molar-refractivity contribution in [1.29, 1.82) is 0 Å². The molecular weight excluding hydrogens is 456 g/mol. The Kier molecular flexibility index (Phi) is 14.6. The van der Waals surface area contributed by atoms with Crippen LogP contribution in [0.15, 0.2) is 12.2 Å². The highest BCUT2D eigenvalue weighted by Crippen LogP contribution is 2.38. The molecule has 1 aliphatic carbocycles. The van der Waals surface area contributed by atoms with Crippen LogP contribution in [0.25, 0.3) is 0 Å². The lowest BCUT2D eigenvalue weighted by atomic mass is 9.88. The van der Waals surface area contributed by atoms with E-state index in [1.807, 2.05) is 0 Å². The molecule has 6 heteroatoms. The third-order valence-electron chi connectivity index (χ3n) is 7.95. The highest BCUT2D eigenvalue weighted by molar-refractivity contribution is 5.84. The number of hydrogen-bond acceptors (Lipinski definition) is 6. The Bertz CT molecular complexity index is 611. The molecule has 6 nitrogen and oxygen atoms in total. The van der Waals surface area contributed by atoms with Gasteiger partial charge < -0.3 is 24.1 Å². The van der Waals surface area contributed by atoms with Gasteiger partial charge in [-0.25, -0.2) is 0 Å². The minimum atomic E-state index is -0.183. The number of ether oxygens (including phenoxy) is 4. The third kappa shape index (κ3) is 10.5. The van der Waals surface area contributed by atoms with E-state index in [-0.39, 0.29) is 43.2 Å². The van der Waals surface area contributed by atoms with Crippen molar-refractivity contribution in [1.82, 2.24) is 0 Å². The SMILES string of the molecule is CCCCC[C@@H](/C=C/[C@H]1[C@H](OC2CCCCO2)CC(=O)[C@@H]1CCCCCCCO)OC1CCCCO1. The summed E-state index contributed by atoms with van der Waals surface area (Å²) >= 11 is 0. The van der Waals surface area contributed by atoms with Gasteiger partial charge in [0.25, 0.3) is 0 Å². The molecule has 0 aromatic carbocycles. The van der Waals surface area contributed by atoms with E-state index in [0.29, 0.717) is 12.2 Å². The van der Waals surface area contributed by atoms with Gasteiger partial charge in [0.2, 0.25) is 0 Å². The largest absolute Gasteiger partial charge is 0.396 e. The second-order valence-electron chi connectivity index (χ2n) is 11.0. The van der Waals surface area contributed by atoms with E-state index < -0.39 is 0 Å². The lowest BCUT2D eigenvalue weighted by Gasteiger charge is -2.29. The second kappa shape index (κ2) is 17.7. The number of Topliss-reactive ketones (excluding diaryl/α,β-unsaturated/α-hetero) is 1. The smallest absolute Gasteiger partial charge is 0.158 e. The van der Waals surface area contributed by atoms with Crippen LogP contribution >= 0.6 is 0 Å². The van der Waals surface area contributed by atoms with Gasteiger partial charge in [0.1, 0.15) is 5.78 Å². The van der Waals surface area contributed by atoms with Crippen LogP contribution < -0.4 is 0 Å². The molecule has 6 atom stereocenters. The predicted molar refractivity (Wildman–Crippen MR) is 142 cm³/mol. The average molecular weight is 509 g/mol. The maximum Gasteiger partial charge on any atom is 0.158 e. The standard InChI is InChI=1S/C30H52O6/c1-2-3-7-14-24(35-29-16-9-12-21-33-29)18-19-26-25(15-8-5-4-6-11-20-31)27(32)23-28(26)36-30-17-10-13-22-34-30/h18-19,24-26,28-31H,2-17,20-23H2,1H3/b19-18+/t24-,25+,26+,28+,29?,30?/m0/s1. The summed E-state index contributed by atoms with van der Waals surface area (Å²) in [5.41, 5.74) is 0. The van der Waals surface area contributed by atoms with Crippen molar-refractivity contribution in [2.45, 2.75) is 141 Å². The van der Waals surface area contributed by atoms with Gasteiger partial charge in [0.15, 0.2) is 12.6 Å². The summed E-state index contributed by atoms with van der Waals surface area (Å²) < 4.78 is 24.6. The van der Waals surface area contributed by atoms with Gasteiger partial charge in [-0.1, -0.05) is 64.0 Å². The predicted octanol–water partition coefficient (Wildman–Crippen LogP) is 6.48. The van der Waals surface area contributed by atoms with E-state index in [4.69, 9.17) is 24.1 Å². The fraction of sp³-hybridized carbons (Fsp3) is 0.900. The molecule has 2 unspecified atom stereocenters. The van der Waals surface area contributed by atoms with Crippen molar-refractivity contribution in [2.75, 3.05) is 19.8 Å². The number of aliphatic hydroxyl groups is 1. The van der Waals surface area contributed by atoms with Crippen molar-refractivity contribution in [3.8, 4) is 0 Å². The maximum atomic E-state index is 13.1. The maximum absolute atomic E-state index is 13.1. The molecule has 0 aromatic heterocycles. The molecule has 0 aromatic rings. The van der Waals surface area contributed by atoms with Crippen LogP contribution in [0.2, 0.25) is 0 Å². The number of ketones is 1. The quantitative estimate of drug-likeness (QED) is 0.179. The Balaban J connectivity index is 1.64. The normalized spacial score (nSPS) is 30.3. The third-order valence-corrected chi connectivity index (χ3v) is 7.95. The lowest BCUT2D eigenvalue weighted by molar-refractivity contribution is -0.192. The molecule has 2 heterocycles. The van der Waals surface area contributed by atoms with E-state index in [0.717, 1.165) is 103 Å². The topological polar surface area (TPSA) is 74.2 Å². The van der Waals surface area contributed by atoms with Gasteiger partial charge in [-0.15, -0.1) is 0 Å². The van der Waals surface area contributed by atoms with Gasteiger partial charge in [-0.2, -0.15) is 0 Å². The number of unbranched alkanes of at least 4 members (excludes halogenated alkanes) is 6. The fourth-order valence-electron chi connectivity index (χ4n) is 5.80. The van der Waals surface area contributed by atoms with Crippen molar-refractivity contribution in [3.63, 3.8) is 0 Å². The summed E-state index contributed by atoms with van der Waals surface area (Å²) in [6.45, 7) is 4.02. The van der Waals surface area contributed by atoms with Gasteiger partial charge in [-0.05, 0) is 57.8 Å². The summed E-state index contributed by atoms with van der Waals surface area (Å²) in [4.78, 5) is 13.1. The van der Waals surface area contributed by atoms with Gasteiger partial charge in [0.05, 0.1) is 12.2 Å². The number of hydrogen-bond donors (Lipinski definition) is 1. The first-order valence-corrected chi connectivity index (χ1v) is 15.1. The van der Waals surface area contributed by atoms with E-state index in [2.05, 4.69) is 19.1 Å². The van der Waals surface area contributed by atoms with E-state index in [1.165, 1.54) is 12.8 Å². The van der Waals surface area contributed by atoms with Crippen LogP contribution in [-0.2, 0) is 23.7 Å². The molecule has 0 bridgehead atoms. The Hall–Kier alpha value is -0.790. The molecule has 0 amide bonds. The van der Waals surface area contributed by atoms with E-state index in [9.17, 15) is 4.79 Å². The van der Waals surface area contributed by atoms with E-state index in [1.54, 1.807) is 0 Å². The number of carbonyl (C=O) groups is 1. The van der Waals surface area contributed by atoms with Crippen molar-refractivity contribution in [3.05, 3.63) is 12.2 Å². The molecule has 208 valence electrons. The zero-order chi connectivity index (χ0) is 25.4. The molecular formula is C30H52O6. The minimum absolute atomic E-state index is 0.00917. The van der Waals surface area contributed by atoms with Gasteiger partial charge in [0, 0.05) is 38.1 Å². The van der Waals surface area contributed by atoms with E-state index >= 15 is 0 Å². The fourth-order valence-corrected chi connectivity index (χ4v) is 5.80. The highest BCUT2D eigenvalue weighted by atomic mass is 16.7. The summed E-state index contributed by atoms with van der Waals surface area (Å²) in [6.07, 6.45) is 21.5. The zero-order valence-electron chi connectivity index (χ0n) is 22.7. The number of carbonyl (C=O) groups excluding carboxylic acids is 1. The molecule has 2 aliphatic heterocycles. The average Bonchev–Trinajstić information content (AvgIpc) is 3.19. The van der Waals surface area contributed by atoms with Crippen LogP contribution in [0, 0.1) is 11.8 Å². The van der Waals surface area contributed by atoms with Crippen LogP contribution in [0.1, 0.15) is 116 Å². The van der Waals surface area contributed by atoms with Crippen molar-refractivity contribution >= 4 is 5.78 Å². The Morgan fingerprint density at radius 2 is 1.67 bits per heavy atom. The Morgan fingerprint density at radius 3 is 2.36 bits per heavy atom. The molecule has 1 N–H and O–H groups in total. The summed E-state index contributed by atoms with van der Waals surface area (Å²) in [5, 5.41) is 9.01. The zero-order valence-corrected chi connectivity index (χ0v) is 22.7. The van der Waals surface area contributed by atoms with Crippen LogP contribution in [0.3, 0.4) is 0 Å². The van der Waals surface area contributed by atoms with Gasteiger partial charge >= 0.3 is 0 Å². The summed E-state index contributed by atoms with van der Waals surface area (Å²) in [5.74, 6) is 0.416. The molecule has 1 saturated carbocycles. The summed E-state index contributed by atoms with van der Waals surface area (Å²) in [6, 6.07) is 0. The first-order chi connectivity index (χ1) is 17.7. The number of rotatable bonds is 17. The molecule has 3 fully saturated rings. The monoisotopic (exact) mass is 508 g/mol. The van der Waals surface area contributed by atoms with Crippen molar-refractivity contribution in [2.24, 2.45) is 11.8 Å². The van der Waals surface area contributed by atoms with Crippen molar-refractivity contribution < 1.29 is 28.8 Å². The first kappa shape index (κ1) is 29.8. The Morgan fingerprint density at radius 1 is 0.944 bits per heavy atom. The first-order valence-electron chi connectivity index (χ1n) is 15.1. The number of aliphatic hydroxyl groups excluding tert-OH is 1. The van der Waals surface area contributed by atoms with Crippen LogP contribution in [-0.4, -0.2) is 55.5 Å². The second-order valence-corrected chi connectivity index (χ2v) is 11.0. The molecule has 36 heavy (non-hydrogen) atoms.